The van der Waals surface area contributed by atoms with Gasteiger partial charge in [0.1, 0.15) is 0 Å². The first kappa shape index (κ1) is 12.8. The van der Waals surface area contributed by atoms with Crippen molar-refractivity contribution in [2.24, 2.45) is 11.1 Å². The summed E-state index contributed by atoms with van der Waals surface area (Å²) in [5, 5.41) is 0. The molecule has 0 saturated carbocycles. The second-order valence-electron chi connectivity index (χ2n) is 4.81. The lowest BCUT2D eigenvalue weighted by Gasteiger charge is -2.25. The summed E-state index contributed by atoms with van der Waals surface area (Å²) in [5.41, 5.74) is 4.93. The van der Waals surface area contributed by atoms with Crippen molar-refractivity contribution in [3.8, 4) is 0 Å². The number of benzene rings is 1. The van der Waals surface area contributed by atoms with Gasteiger partial charge in [0.05, 0.1) is 11.6 Å². The molecule has 0 radical (unpaired) electrons. The lowest BCUT2D eigenvalue weighted by molar-refractivity contribution is 0.0896. The molecule has 1 rings (SSSR count). The van der Waals surface area contributed by atoms with Crippen LogP contribution < -0.4 is 5.73 Å². The number of hydrogen-bond acceptors (Lipinski definition) is 2. The minimum atomic E-state index is -1.13. The highest BCUT2D eigenvalue weighted by Crippen LogP contribution is 2.22. The van der Waals surface area contributed by atoms with Crippen LogP contribution in [0.25, 0.3) is 0 Å². The molecule has 0 aliphatic heterocycles. The van der Waals surface area contributed by atoms with Crippen LogP contribution in [0, 0.1) is 17.0 Å². The first-order valence-corrected chi connectivity index (χ1v) is 4.99. The van der Waals surface area contributed by atoms with Gasteiger partial charge in [0, 0.05) is 0 Å². The largest absolute Gasteiger partial charge is 0.321 e. The highest BCUT2D eigenvalue weighted by atomic mass is 19.2. The van der Waals surface area contributed by atoms with Crippen LogP contribution in [0.1, 0.15) is 31.1 Å². The third-order valence-corrected chi connectivity index (χ3v) is 2.43. The molecule has 1 aromatic carbocycles. The fourth-order valence-electron chi connectivity index (χ4n) is 1.25. The normalized spacial score (nSPS) is 13.6. The maximum atomic E-state index is 13.3. The van der Waals surface area contributed by atoms with Crippen molar-refractivity contribution in [1.29, 1.82) is 0 Å². The maximum absolute atomic E-state index is 13.3. The number of nitrogens with two attached hydrogens (primary N) is 1. The molecule has 0 heterocycles. The molecular formula is C12H15F2NO. The van der Waals surface area contributed by atoms with E-state index in [4.69, 9.17) is 5.73 Å². The Morgan fingerprint density at radius 1 is 1.31 bits per heavy atom. The van der Waals surface area contributed by atoms with Crippen LogP contribution in [0.3, 0.4) is 0 Å². The Hall–Kier alpha value is -1.29. The standard InChI is InChI=1S/C12H15F2NO/c1-12(2,3)11(15)10(16)7-5-4-6-8(13)9(7)14/h4-6,11H,15H2,1-3H3. The predicted molar refractivity (Wildman–Crippen MR) is 58.1 cm³/mol. The van der Waals surface area contributed by atoms with Crippen molar-refractivity contribution in [2.45, 2.75) is 26.8 Å². The van der Waals surface area contributed by atoms with E-state index < -0.39 is 28.9 Å². The van der Waals surface area contributed by atoms with Gasteiger partial charge in [-0.15, -0.1) is 0 Å². The summed E-state index contributed by atoms with van der Waals surface area (Å²) in [5.74, 6) is -2.75. The second-order valence-corrected chi connectivity index (χ2v) is 4.81. The summed E-state index contributed by atoms with van der Waals surface area (Å²) >= 11 is 0. The minimum absolute atomic E-state index is 0.289. The predicted octanol–water partition coefficient (Wildman–Crippen LogP) is 2.52. The smallest absolute Gasteiger partial charge is 0.183 e. The molecule has 1 atom stereocenters. The number of carbonyl (C=O) groups is 1. The van der Waals surface area contributed by atoms with Gasteiger partial charge in [-0.05, 0) is 17.5 Å². The fourth-order valence-corrected chi connectivity index (χ4v) is 1.25. The zero-order chi connectivity index (χ0) is 12.5. The van der Waals surface area contributed by atoms with Crippen LogP contribution in [0.2, 0.25) is 0 Å². The number of carbonyl (C=O) groups excluding carboxylic acids is 1. The molecular weight excluding hydrogens is 212 g/mol. The van der Waals surface area contributed by atoms with Crippen molar-refractivity contribution in [3.05, 3.63) is 35.4 Å². The minimum Gasteiger partial charge on any atom is -0.321 e. The van der Waals surface area contributed by atoms with Gasteiger partial charge in [0.25, 0.3) is 0 Å². The van der Waals surface area contributed by atoms with Crippen LogP contribution >= 0.6 is 0 Å². The van der Waals surface area contributed by atoms with Crippen LogP contribution in [0.15, 0.2) is 18.2 Å². The lowest BCUT2D eigenvalue weighted by atomic mass is 9.83. The van der Waals surface area contributed by atoms with Gasteiger partial charge in [0.15, 0.2) is 17.4 Å². The molecule has 2 N–H and O–H groups in total. The summed E-state index contributed by atoms with van der Waals surface area (Å²) < 4.78 is 26.3. The first-order valence-electron chi connectivity index (χ1n) is 4.99. The fraction of sp³-hybridized carbons (Fsp3) is 0.417. The van der Waals surface area contributed by atoms with Gasteiger partial charge in [0.2, 0.25) is 0 Å². The Kier molecular flexibility index (Phi) is 3.43. The van der Waals surface area contributed by atoms with Gasteiger partial charge < -0.3 is 5.73 Å². The van der Waals surface area contributed by atoms with E-state index >= 15 is 0 Å². The Morgan fingerprint density at radius 2 is 1.88 bits per heavy atom. The molecule has 0 saturated heterocycles. The van der Waals surface area contributed by atoms with E-state index in [0.717, 1.165) is 6.07 Å². The topological polar surface area (TPSA) is 43.1 Å². The maximum Gasteiger partial charge on any atom is 0.183 e. The molecule has 0 fully saturated rings. The summed E-state index contributed by atoms with van der Waals surface area (Å²) in [6, 6.07) is 2.64. The molecule has 1 aromatic rings. The quantitative estimate of drug-likeness (QED) is 0.789. The molecule has 0 aliphatic carbocycles. The lowest BCUT2D eigenvalue weighted by Crippen LogP contribution is -2.42. The zero-order valence-corrected chi connectivity index (χ0v) is 9.55. The SMILES string of the molecule is CC(C)(C)C(N)C(=O)c1cccc(F)c1F. The van der Waals surface area contributed by atoms with Gasteiger partial charge in [-0.1, -0.05) is 26.8 Å². The van der Waals surface area contributed by atoms with Crippen LogP contribution in [0.4, 0.5) is 8.78 Å². The summed E-state index contributed by atoms with van der Waals surface area (Å²) in [7, 11) is 0. The van der Waals surface area contributed by atoms with E-state index in [1.54, 1.807) is 20.8 Å². The van der Waals surface area contributed by atoms with Crippen molar-refractivity contribution < 1.29 is 13.6 Å². The highest BCUT2D eigenvalue weighted by Gasteiger charge is 2.30. The van der Waals surface area contributed by atoms with Crippen molar-refractivity contribution in [2.75, 3.05) is 0 Å². The molecule has 2 nitrogen and oxygen atoms in total. The molecule has 0 aromatic heterocycles. The molecule has 16 heavy (non-hydrogen) atoms. The number of Topliss-reactive ketones (excluding diaryl/α,β-unsaturated/α-hetero) is 1. The number of ketones is 1. The average molecular weight is 227 g/mol. The molecule has 0 bridgehead atoms. The van der Waals surface area contributed by atoms with Crippen molar-refractivity contribution in [3.63, 3.8) is 0 Å². The molecule has 4 heteroatoms. The third kappa shape index (κ3) is 2.44. The zero-order valence-electron chi connectivity index (χ0n) is 9.55. The Bertz CT molecular complexity index is 410. The molecule has 0 spiro atoms. The first-order chi connectivity index (χ1) is 7.25. The number of hydrogen-bond donors (Lipinski definition) is 1. The van der Waals surface area contributed by atoms with Gasteiger partial charge >= 0.3 is 0 Å². The van der Waals surface area contributed by atoms with Gasteiger partial charge in [-0.3, -0.25) is 4.79 Å². The van der Waals surface area contributed by atoms with Gasteiger partial charge in [-0.25, -0.2) is 8.78 Å². The van der Waals surface area contributed by atoms with E-state index in [1.807, 2.05) is 0 Å². The van der Waals surface area contributed by atoms with E-state index in [-0.39, 0.29) is 5.56 Å². The Labute approximate surface area is 93.5 Å². The van der Waals surface area contributed by atoms with E-state index in [1.165, 1.54) is 12.1 Å². The van der Waals surface area contributed by atoms with Crippen molar-refractivity contribution >= 4 is 5.78 Å². The number of rotatable bonds is 2. The van der Waals surface area contributed by atoms with Gasteiger partial charge in [-0.2, -0.15) is 0 Å². The second kappa shape index (κ2) is 4.29. The van der Waals surface area contributed by atoms with Crippen LogP contribution in [-0.2, 0) is 0 Å². The summed E-state index contributed by atoms with van der Waals surface area (Å²) in [4.78, 5) is 11.8. The van der Waals surface area contributed by atoms with Crippen LogP contribution in [0.5, 0.6) is 0 Å². The Morgan fingerprint density at radius 3 is 2.38 bits per heavy atom. The van der Waals surface area contributed by atoms with Crippen molar-refractivity contribution in [1.82, 2.24) is 0 Å². The highest BCUT2D eigenvalue weighted by molar-refractivity contribution is 6.00. The van der Waals surface area contributed by atoms with Crippen LogP contribution in [-0.4, -0.2) is 11.8 Å². The number of halogens is 2. The monoisotopic (exact) mass is 227 g/mol. The summed E-state index contributed by atoms with van der Waals surface area (Å²) in [6.45, 7) is 5.31. The Balaban J connectivity index is 3.11. The van der Waals surface area contributed by atoms with E-state index in [2.05, 4.69) is 0 Å². The molecule has 88 valence electrons. The molecule has 1 unspecified atom stereocenters. The van der Waals surface area contributed by atoms with E-state index in [9.17, 15) is 13.6 Å². The molecule has 0 aliphatic rings. The molecule has 0 amide bonds. The summed E-state index contributed by atoms with van der Waals surface area (Å²) in [6.07, 6.45) is 0. The van der Waals surface area contributed by atoms with E-state index in [0.29, 0.717) is 0 Å². The third-order valence-electron chi connectivity index (χ3n) is 2.43. The average Bonchev–Trinajstić information content (AvgIpc) is 2.18.